The van der Waals surface area contributed by atoms with Gasteiger partial charge in [0.2, 0.25) is 0 Å². The molecule has 1 heterocycles. The first-order valence-corrected chi connectivity index (χ1v) is 6.71. The molecule has 0 aromatic heterocycles. The number of hydrogen-bond acceptors (Lipinski definition) is 3. The standard InChI is InChI=1S/C13H17NO2S/c1-8-7-10-9(3-2-4-12(10)17-8)11(14)5-6-13(15)16/h2-4,8,11H,5-7,14H2,1H3,(H,15,16). The highest BCUT2D eigenvalue weighted by Gasteiger charge is 2.23. The Kier molecular flexibility index (Phi) is 3.74. The van der Waals surface area contributed by atoms with Crippen molar-refractivity contribution in [2.75, 3.05) is 0 Å². The van der Waals surface area contributed by atoms with E-state index in [1.807, 2.05) is 23.9 Å². The number of carboxylic acids is 1. The van der Waals surface area contributed by atoms with Gasteiger partial charge in [-0.2, -0.15) is 0 Å². The second-order valence-corrected chi connectivity index (χ2v) is 5.98. The van der Waals surface area contributed by atoms with Crippen molar-refractivity contribution in [1.82, 2.24) is 0 Å². The van der Waals surface area contributed by atoms with Crippen molar-refractivity contribution in [3.63, 3.8) is 0 Å². The van der Waals surface area contributed by atoms with Crippen LogP contribution >= 0.6 is 11.8 Å². The summed E-state index contributed by atoms with van der Waals surface area (Å²) in [6, 6.07) is 6.01. The van der Waals surface area contributed by atoms with Gasteiger partial charge in [-0.1, -0.05) is 19.1 Å². The molecule has 2 unspecified atom stereocenters. The highest BCUT2D eigenvalue weighted by molar-refractivity contribution is 8.00. The predicted molar refractivity (Wildman–Crippen MR) is 69.3 cm³/mol. The lowest BCUT2D eigenvalue weighted by Crippen LogP contribution is -2.14. The van der Waals surface area contributed by atoms with Crippen LogP contribution in [0.2, 0.25) is 0 Å². The molecule has 2 atom stereocenters. The SMILES string of the molecule is CC1Cc2c(cccc2C(N)CCC(=O)O)S1. The molecule has 0 amide bonds. The quantitative estimate of drug-likeness (QED) is 0.863. The van der Waals surface area contributed by atoms with Crippen LogP contribution in [0, 0.1) is 0 Å². The van der Waals surface area contributed by atoms with Crippen molar-refractivity contribution < 1.29 is 9.90 Å². The molecule has 1 aliphatic rings. The van der Waals surface area contributed by atoms with Crippen LogP contribution in [0.3, 0.4) is 0 Å². The fraction of sp³-hybridized carbons (Fsp3) is 0.462. The van der Waals surface area contributed by atoms with E-state index in [0.717, 1.165) is 12.0 Å². The minimum Gasteiger partial charge on any atom is -0.481 e. The number of fused-ring (bicyclic) bond motifs is 1. The third kappa shape index (κ3) is 2.82. The molecular weight excluding hydrogens is 234 g/mol. The van der Waals surface area contributed by atoms with Gasteiger partial charge in [0.15, 0.2) is 0 Å². The predicted octanol–water partition coefficient (Wildman–Crippen LogP) is 2.59. The Morgan fingerprint density at radius 3 is 3.12 bits per heavy atom. The van der Waals surface area contributed by atoms with Gasteiger partial charge >= 0.3 is 5.97 Å². The minimum atomic E-state index is -0.782. The van der Waals surface area contributed by atoms with Crippen molar-refractivity contribution in [3.05, 3.63) is 29.3 Å². The summed E-state index contributed by atoms with van der Waals surface area (Å²) in [5, 5.41) is 9.28. The van der Waals surface area contributed by atoms with Crippen LogP contribution in [0.25, 0.3) is 0 Å². The molecule has 0 fully saturated rings. The molecule has 0 radical (unpaired) electrons. The molecule has 92 valence electrons. The van der Waals surface area contributed by atoms with Gasteiger partial charge < -0.3 is 10.8 Å². The summed E-state index contributed by atoms with van der Waals surface area (Å²) >= 11 is 1.88. The highest BCUT2D eigenvalue weighted by Crippen LogP contribution is 2.40. The molecule has 3 N–H and O–H groups in total. The van der Waals surface area contributed by atoms with E-state index in [4.69, 9.17) is 10.8 Å². The molecule has 1 aliphatic heterocycles. The third-order valence-electron chi connectivity index (χ3n) is 3.06. The zero-order chi connectivity index (χ0) is 12.4. The van der Waals surface area contributed by atoms with E-state index in [1.165, 1.54) is 10.5 Å². The zero-order valence-electron chi connectivity index (χ0n) is 9.85. The van der Waals surface area contributed by atoms with Gasteiger partial charge in [-0.25, -0.2) is 0 Å². The largest absolute Gasteiger partial charge is 0.481 e. The Hall–Kier alpha value is -1.00. The molecule has 1 aromatic carbocycles. The lowest BCUT2D eigenvalue weighted by molar-refractivity contribution is -0.137. The third-order valence-corrected chi connectivity index (χ3v) is 4.26. The first-order valence-electron chi connectivity index (χ1n) is 5.83. The van der Waals surface area contributed by atoms with Crippen LogP contribution in [0.4, 0.5) is 0 Å². The molecule has 0 aliphatic carbocycles. The van der Waals surface area contributed by atoms with E-state index >= 15 is 0 Å². The van der Waals surface area contributed by atoms with Crippen molar-refractivity contribution in [2.24, 2.45) is 5.73 Å². The lowest BCUT2D eigenvalue weighted by atomic mass is 9.95. The van der Waals surface area contributed by atoms with Crippen molar-refractivity contribution in [2.45, 2.75) is 42.4 Å². The van der Waals surface area contributed by atoms with Gasteiger partial charge in [-0.15, -0.1) is 11.8 Å². The maximum atomic E-state index is 10.6. The second kappa shape index (κ2) is 5.10. The van der Waals surface area contributed by atoms with E-state index in [0.29, 0.717) is 11.7 Å². The lowest BCUT2D eigenvalue weighted by Gasteiger charge is -2.14. The van der Waals surface area contributed by atoms with Crippen LogP contribution in [-0.2, 0) is 11.2 Å². The van der Waals surface area contributed by atoms with Crippen LogP contribution in [0.5, 0.6) is 0 Å². The fourth-order valence-electron chi connectivity index (χ4n) is 2.24. The topological polar surface area (TPSA) is 63.3 Å². The summed E-state index contributed by atoms with van der Waals surface area (Å²) in [6.45, 7) is 2.21. The van der Waals surface area contributed by atoms with Crippen molar-refractivity contribution >= 4 is 17.7 Å². The van der Waals surface area contributed by atoms with Gasteiger partial charge in [0.1, 0.15) is 0 Å². The molecule has 0 spiro atoms. The second-order valence-electron chi connectivity index (χ2n) is 4.50. The Morgan fingerprint density at radius 2 is 2.41 bits per heavy atom. The van der Waals surface area contributed by atoms with Gasteiger partial charge in [0.25, 0.3) is 0 Å². The number of thioether (sulfide) groups is 1. The van der Waals surface area contributed by atoms with Crippen LogP contribution in [-0.4, -0.2) is 16.3 Å². The average Bonchev–Trinajstić information content (AvgIpc) is 2.65. The molecule has 17 heavy (non-hydrogen) atoms. The first kappa shape index (κ1) is 12.5. The molecule has 1 aromatic rings. The van der Waals surface area contributed by atoms with E-state index in [-0.39, 0.29) is 12.5 Å². The average molecular weight is 251 g/mol. The van der Waals surface area contributed by atoms with E-state index in [2.05, 4.69) is 13.0 Å². The number of carbonyl (C=O) groups is 1. The summed E-state index contributed by atoms with van der Waals surface area (Å²) in [6.07, 6.45) is 1.68. The minimum absolute atomic E-state index is 0.132. The molecule has 0 saturated carbocycles. The van der Waals surface area contributed by atoms with E-state index in [1.54, 1.807) is 0 Å². The van der Waals surface area contributed by atoms with Gasteiger partial charge in [-0.05, 0) is 30.0 Å². The normalized spacial score (nSPS) is 20.0. The number of nitrogens with two attached hydrogens (primary N) is 1. The number of aliphatic carboxylic acids is 1. The monoisotopic (exact) mass is 251 g/mol. The molecular formula is C13H17NO2S. The smallest absolute Gasteiger partial charge is 0.303 e. The summed E-state index contributed by atoms with van der Waals surface area (Å²) in [4.78, 5) is 11.9. The Bertz CT molecular complexity index is 433. The van der Waals surface area contributed by atoms with Crippen molar-refractivity contribution in [1.29, 1.82) is 0 Å². The number of carboxylic acid groups (broad SMARTS) is 1. The number of rotatable bonds is 4. The molecule has 3 nitrogen and oxygen atoms in total. The number of benzene rings is 1. The molecule has 0 saturated heterocycles. The van der Waals surface area contributed by atoms with Gasteiger partial charge in [-0.3, -0.25) is 4.79 Å². The van der Waals surface area contributed by atoms with Crippen molar-refractivity contribution in [3.8, 4) is 0 Å². The highest BCUT2D eigenvalue weighted by atomic mass is 32.2. The Balaban J connectivity index is 2.16. The zero-order valence-corrected chi connectivity index (χ0v) is 10.7. The van der Waals surface area contributed by atoms with Crippen LogP contribution in [0.1, 0.15) is 36.9 Å². The number of hydrogen-bond donors (Lipinski definition) is 2. The summed E-state index contributed by atoms with van der Waals surface area (Å²) in [7, 11) is 0. The Labute approximate surface area is 105 Å². The molecule has 4 heteroatoms. The Morgan fingerprint density at radius 1 is 1.65 bits per heavy atom. The van der Waals surface area contributed by atoms with E-state index < -0.39 is 5.97 Å². The van der Waals surface area contributed by atoms with Gasteiger partial charge in [0, 0.05) is 22.6 Å². The fourth-order valence-corrected chi connectivity index (χ4v) is 3.42. The van der Waals surface area contributed by atoms with Crippen LogP contribution in [0.15, 0.2) is 23.1 Å². The summed E-state index contributed by atoms with van der Waals surface area (Å²) < 4.78 is 0. The van der Waals surface area contributed by atoms with Gasteiger partial charge in [0.05, 0.1) is 0 Å². The van der Waals surface area contributed by atoms with Crippen LogP contribution < -0.4 is 5.73 Å². The van der Waals surface area contributed by atoms with E-state index in [9.17, 15) is 4.79 Å². The molecule has 2 rings (SSSR count). The summed E-state index contributed by atoms with van der Waals surface area (Å²) in [5.74, 6) is -0.782. The first-order chi connectivity index (χ1) is 8.08. The molecule has 0 bridgehead atoms. The maximum absolute atomic E-state index is 10.6. The summed E-state index contributed by atoms with van der Waals surface area (Å²) in [5.41, 5.74) is 8.54. The maximum Gasteiger partial charge on any atom is 0.303 e.